The number of halogens is 1. The van der Waals surface area contributed by atoms with Gasteiger partial charge in [0.05, 0.1) is 17.9 Å². The van der Waals surface area contributed by atoms with E-state index in [0.717, 1.165) is 0 Å². The van der Waals surface area contributed by atoms with Gasteiger partial charge in [-0.15, -0.1) is 0 Å². The number of hydrogen-bond donors (Lipinski definition) is 0. The van der Waals surface area contributed by atoms with Crippen LogP contribution in [0.2, 0.25) is 25.3 Å². The monoisotopic (exact) mass is 195 g/mol. The molecule has 0 saturated carbocycles. The molecule has 0 N–H and O–H groups in total. The van der Waals surface area contributed by atoms with Crippen LogP contribution in [-0.4, -0.2) is 30.1 Å². The molecule has 1 aliphatic heterocycles. The molecule has 1 nitrogen and oxygen atoms in total. The van der Waals surface area contributed by atoms with Gasteiger partial charge in [-0.2, -0.15) is 11.1 Å². The van der Waals surface area contributed by atoms with E-state index in [-0.39, 0.29) is 8.96 Å². The van der Waals surface area contributed by atoms with Crippen LogP contribution < -0.4 is 0 Å². The van der Waals surface area contributed by atoms with Crippen molar-refractivity contribution in [3.05, 3.63) is 0 Å². The molecule has 1 rings (SSSR count). The van der Waals surface area contributed by atoms with Gasteiger partial charge >= 0.3 is 0 Å². The average Bonchev–Trinajstić information content (AvgIpc) is 1.62. The summed E-state index contributed by atoms with van der Waals surface area (Å²) in [5.41, 5.74) is 1.47. The molecule has 5 heteroatoms. The van der Waals surface area contributed by atoms with Crippen LogP contribution in [-0.2, 0) is 0 Å². The van der Waals surface area contributed by atoms with Gasteiger partial charge in [0.25, 0.3) is 0 Å². The Bertz CT molecular complexity index is 95.2. The fourth-order valence-electron chi connectivity index (χ4n) is 1.50. The average molecular weight is 196 g/mol. The maximum absolute atomic E-state index is 6.14. The van der Waals surface area contributed by atoms with Gasteiger partial charge in [-0.05, 0) is 5.67 Å². The van der Waals surface area contributed by atoms with Crippen molar-refractivity contribution in [2.45, 2.75) is 25.3 Å². The van der Waals surface area contributed by atoms with Crippen LogP contribution in [0.3, 0.4) is 0 Å². The third kappa shape index (κ3) is 1.48. The Labute approximate surface area is 66.8 Å². The first-order valence-corrected chi connectivity index (χ1v) is 11.9. The lowest BCUT2D eigenvalue weighted by Crippen LogP contribution is -2.62. The van der Waals surface area contributed by atoms with E-state index in [1.165, 1.54) is 5.67 Å². The van der Waals surface area contributed by atoms with Gasteiger partial charge in [0.1, 0.15) is 0 Å². The van der Waals surface area contributed by atoms with Gasteiger partial charge in [0.15, 0.2) is 8.27 Å². The molecule has 0 spiro atoms. The molecule has 1 fully saturated rings. The van der Waals surface area contributed by atoms with Gasteiger partial charge in [-0.1, -0.05) is 19.6 Å². The van der Waals surface area contributed by atoms with Gasteiger partial charge in [0.2, 0.25) is 0 Å². The standard InChI is InChI=1S/C4H14ClNSi3/c1-7(2)6-8(3)4-9(6)5/h7-9H,4H2,1-3H3. The molecule has 9 heavy (non-hydrogen) atoms. The van der Waals surface area contributed by atoms with E-state index in [1.54, 1.807) is 0 Å². The highest BCUT2D eigenvalue weighted by Gasteiger charge is 2.37. The second-order valence-electron chi connectivity index (χ2n) is 3.06. The summed E-state index contributed by atoms with van der Waals surface area (Å²) in [6.45, 7) is 7.22. The molecule has 0 aromatic heterocycles. The van der Waals surface area contributed by atoms with Crippen molar-refractivity contribution in [3.8, 4) is 0 Å². The minimum atomic E-state index is -0.771. The molecular formula is C4H14ClNSi3. The molecule has 1 aliphatic rings. The summed E-state index contributed by atoms with van der Waals surface area (Å²) in [5.74, 6) is 0. The molecule has 0 radical (unpaired) electrons. The number of hydrogen-bond acceptors (Lipinski definition) is 1. The molecule has 0 aromatic carbocycles. The molecule has 2 unspecified atom stereocenters. The summed E-state index contributed by atoms with van der Waals surface area (Å²) in [7, 11) is -1.61. The Morgan fingerprint density at radius 3 is 2.22 bits per heavy atom. The van der Waals surface area contributed by atoms with Gasteiger partial charge in [0, 0.05) is 0 Å². The molecule has 0 aromatic rings. The molecule has 0 bridgehead atoms. The highest BCUT2D eigenvalue weighted by molar-refractivity contribution is 7.21. The zero-order chi connectivity index (χ0) is 7.02. The highest BCUT2D eigenvalue weighted by Crippen LogP contribution is 2.23. The molecule has 0 amide bonds. The first kappa shape index (κ1) is 8.00. The lowest BCUT2D eigenvalue weighted by Gasteiger charge is -2.45. The minimum absolute atomic E-state index is 0.375. The van der Waals surface area contributed by atoms with Crippen LogP contribution in [0.15, 0.2) is 0 Å². The van der Waals surface area contributed by atoms with Gasteiger partial charge < -0.3 is 3.90 Å². The van der Waals surface area contributed by atoms with E-state index in [4.69, 9.17) is 11.1 Å². The van der Waals surface area contributed by atoms with E-state index < -0.39 is 17.2 Å². The minimum Gasteiger partial charge on any atom is -0.364 e. The third-order valence-corrected chi connectivity index (χ3v) is 21.3. The van der Waals surface area contributed by atoms with Crippen molar-refractivity contribution >= 4 is 37.3 Å². The second kappa shape index (κ2) is 2.88. The van der Waals surface area contributed by atoms with E-state index >= 15 is 0 Å². The summed E-state index contributed by atoms with van der Waals surface area (Å²) in [4.78, 5) is 0. The Morgan fingerprint density at radius 1 is 1.56 bits per heavy atom. The first-order valence-electron chi connectivity index (χ1n) is 3.54. The Kier molecular flexibility index (Phi) is 2.56. The molecular weight excluding hydrogens is 182 g/mol. The lowest BCUT2D eigenvalue weighted by atomic mass is 11.8. The zero-order valence-electron chi connectivity index (χ0n) is 6.26. The van der Waals surface area contributed by atoms with Crippen LogP contribution in [0.1, 0.15) is 0 Å². The van der Waals surface area contributed by atoms with Crippen LogP contribution in [0, 0.1) is 0 Å². The summed E-state index contributed by atoms with van der Waals surface area (Å²) >= 11 is 6.14. The van der Waals surface area contributed by atoms with Gasteiger partial charge in [-0.25, -0.2) is 0 Å². The zero-order valence-corrected chi connectivity index (χ0v) is 10.5. The maximum atomic E-state index is 6.14. The Hall–Kier alpha value is 0.901. The van der Waals surface area contributed by atoms with Crippen molar-refractivity contribution in [2.75, 3.05) is 0 Å². The number of rotatable bonds is 1. The van der Waals surface area contributed by atoms with E-state index in [0.29, 0.717) is 0 Å². The summed E-state index contributed by atoms with van der Waals surface area (Å²) < 4.78 is 2.74. The van der Waals surface area contributed by atoms with Crippen molar-refractivity contribution in [1.82, 2.24) is 3.90 Å². The maximum Gasteiger partial charge on any atom is 0.198 e. The van der Waals surface area contributed by atoms with Crippen molar-refractivity contribution < 1.29 is 0 Å². The third-order valence-electron chi connectivity index (χ3n) is 1.96. The lowest BCUT2D eigenvalue weighted by molar-refractivity contribution is 0.953. The van der Waals surface area contributed by atoms with Crippen LogP contribution in [0.5, 0.6) is 0 Å². The molecule has 0 aliphatic carbocycles. The van der Waals surface area contributed by atoms with Crippen molar-refractivity contribution in [3.63, 3.8) is 0 Å². The highest BCUT2D eigenvalue weighted by atomic mass is 35.6. The van der Waals surface area contributed by atoms with E-state index in [1.807, 2.05) is 0 Å². The molecule has 2 atom stereocenters. The van der Waals surface area contributed by atoms with Crippen LogP contribution in [0.25, 0.3) is 0 Å². The quantitative estimate of drug-likeness (QED) is 0.439. The summed E-state index contributed by atoms with van der Waals surface area (Å²) in [6.07, 6.45) is 0. The van der Waals surface area contributed by atoms with Crippen LogP contribution in [0.4, 0.5) is 0 Å². The smallest absolute Gasteiger partial charge is 0.198 e. The fraction of sp³-hybridized carbons (Fsp3) is 1.00. The molecule has 1 saturated heterocycles. The Balaban J connectivity index is 2.39. The topological polar surface area (TPSA) is 3.24 Å². The van der Waals surface area contributed by atoms with Crippen molar-refractivity contribution in [2.24, 2.45) is 0 Å². The summed E-state index contributed by atoms with van der Waals surface area (Å²) in [5, 5.41) is 0. The predicted molar refractivity (Wildman–Crippen MR) is 51.5 cm³/mol. The Morgan fingerprint density at radius 2 is 2.11 bits per heavy atom. The SMILES string of the molecule is C[SiH](C)N1[SiH](C)C[SiH]1Cl. The largest absolute Gasteiger partial charge is 0.364 e. The molecule has 1 heterocycles. The molecule has 54 valence electrons. The second-order valence-corrected chi connectivity index (χ2v) is 14.8. The summed E-state index contributed by atoms with van der Waals surface area (Å²) in [6, 6.07) is 0. The van der Waals surface area contributed by atoms with Crippen molar-refractivity contribution in [1.29, 1.82) is 0 Å². The van der Waals surface area contributed by atoms with Gasteiger partial charge in [-0.3, -0.25) is 0 Å². The van der Waals surface area contributed by atoms with Crippen LogP contribution >= 0.6 is 11.1 Å². The van der Waals surface area contributed by atoms with E-state index in [2.05, 4.69) is 23.5 Å². The number of nitrogens with zero attached hydrogens (tertiary/aromatic N) is 1. The first-order chi connectivity index (χ1) is 4.13. The normalized spacial score (nSPS) is 37.0. The predicted octanol–water partition coefficient (Wildman–Crippen LogP) is 0.637. The fourth-order valence-corrected chi connectivity index (χ4v) is 21.7. The van der Waals surface area contributed by atoms with E-state index in [9.17, 15) is 0 Å².